The summed E-state index contributed by atoms with van der Waals surface area (Å²) in [7, 11) is 0. The SMILES string of the molecule is CCNC(=NCC(C)N1CCOCC1)NC1CCN(C(=O)C(C)C)C1.I. The van der Waals surface area contributed by atoms with Gasteiger partial charge in [-0.05, 0) is 20.3 Å². The number of hydrogen-bond acceptors (Lipinski definition) is 4. The number of carbonyl (C=O) groups excluding carboxylic acids is 1. The smallest absolute Gasteiger partial charge is 0.225 e. The van der Waals surface area contributed by atoms with Crippen molar-refractivity contribution in [1.29, 1.82) is 0 Å². The minimum atomic E-state index is 0. The van der Waals surface area contributed by atoms with Gasteiger partial charge in [-0.2, -0.15) is 0 Å². The van der Waals surface area contributed by atoms with E-state index in [1.807, 2.05) is 18.7 Å². The molecule has 0 bridgehead atoms. The number of nitrogens with zero attached hydrogens (tertiary/aromatic N) is 3. The third-order valence-electron chi connectivity index (χ3n) is 4.86. The minimum Gasteiger partial charge on any atom is -0.379 e. The highest BCUT2D eigenvalue weighted by Gasteiger charge is 2.28. The van der Waals surface area contributed by atoms with Gasteiger partial charge in [0.25, 0.3) is 0 Å². The molecule has 0 radical (unpaired) electrons. The monoisotopic (exact) mass is 481 g/mol. The van der Waals surface area contributed by atoms with E-state index < -0.39 is 0 Å². The second-order valence-corrected chi connectivity index (χ2v) is 7.29. The minimum absolute atomic E-state index is 0. The third kappa shape index (κ3) is 7.19. The van der Waals surface area contributed by atoms with Gasteiger partial charge in [0.1, 0.15) is 0 Å². The van der Waals surface area contributed by atoms with Crippen molar-refractivity contribution < 1.29 is 9.53 Å². The molecule has 0 aromatic heterocycles. The molecule has 1 amide bonds. The number of rotatable bonds is 6. The first kappa shape index (κ1) is 23.4. The van der Waals surface area contributed by atoms with Gasteiger partial charge in [-0.1, -0.05) is 13.8 Å². The predicted octanol–water partition coefficient (Wildman–Crippen LogP) is 1.14. The molecule has 2 unspecified atom stereocenters. The summed E-state index contributed by atoms with van der Waals surface area (Å²) in [4.78, 5) is 21.3. The van der Waals surface area contributed by atoms with Crippen LogP contribution >= 0.6 is 24.0 Å². The van der Waals surface area contributed by atoms with Crippen LogP contribution in [0.3, 0.4) is 0 Å². The zero-order valence-corrected chi connectivity index (χ0v) is 19.0. The van der Waals surface area contributed by atoms with Crippen molar-refractivity contribution in [3.8, 4) is 0 Å². The molecule has 2 saturated heterocycles. The summed E-state index contributed by atoms with van der Waals surface area (Å²) in [5.74, 6) is 1.16. The van der Waals surface area contributed by atoms with Crippen LogP contribution in [0.5, 0.6) is 0 Å². The van der Waals surface area contributed by atoms with Crippen molar-refractivity contribution in [2.75, 3.05) is 52.5 Å². The van der Waals surface area contributed by atoms with Crippen molar-refractivity contribution >= 4 is 35.8 Å². The van der Waals surface area contributed by atoms with Gasteiger partial charge in [0.05, 0.1) is 19.8 Å². The van der Waals surface area contributed by atoms with Gasteiger partial charge in [-0.3, -0.25) is 14.7 Å². The second-order valence-electron chi connectivity index (χ2n) is 7.29. The van der Waals surface area contributed by atoms with Crippen LogP contribution in [0.25, 0.3) is 0 Å². The highest BCUT2D eigenvalue weighted by molar-refractivity contribution is 14.0. The normalized spacial score (nSPS) is 22.9. The molecule has 7 nitrogen and oxygen atoms in total. The van der Waals surface area contributed by atoms with Crippen molar-refractivity contribution in [3.05, 3.63) is 0 Å². The Hall–Kier alpha value is -0.610. The van der Waals surface area contributed by atoms with Crippen molar-refractivity contribution in [2.45, 2.75) is 46.2 Å². The van der Waals surface area contributed by atoms with E-state index in [1.165, 1.54) is 0 Å². The van der Waals surface area contributed by atoms with Gasteiger partial charge in [0.2, 0.25) is 5.91 Å². The van der Waals surface area contributed by atoms with Gasteiger partial charge in [0.15, 0.2) is 5.96 Å². The van der Waals surface area contributed by atoms with Crippen molar-refractivity contribution in [1.82, 2.24) is 20.4 Å². The molecule has 2 rings (SSSR count). The number of aliphatic imine (C=N–C) groups is 1. The molecular formula is C18H36IN5O2. The summed E-state index contributed by atoms with van der Waals surface area (Å²) in [6.07, 6.45) is 0.974. The number of halogens is 1. The number of morpholine rings is 1. The van der Waals surface area contributed by atoms with Gasteiger partial charge in [-0.25, -0.2) is 0 Å². The Morgan fingerprint density at radius 1 is 1.23 bits per heavy atom. The molecule has 0 aliphatic carbocycles. The van der Waals surface area contributed by atoms with E-state index in [1.54, 1.807) is 0 Å². The molecule has 26 heavy (non-hydrogen) atoms. The number of amides is 1. The van der Waals surface area contributed by atoms with Crippen LogP contribution in [0.15, 0.2) is 4.99 Å². The van der Waals surface area contributed by atoms with Crippen LogP contribution in [-0.4, -0.2) is 86.2 Å². The molecule has 8 heteroatoms. The number of hydrogen-bond donors (Lipinski definition) is 2. The Balaban J connectivity index is 0.00000338. The average molecular weight is 481 g/mol. The largest absolute Gasteiger partial charge is 0.379 e. The van der Waals surface area contributed by atoms with E-state index >= 15 is 0 Å². The third-order valence-corrected chi connectivity index (χ3v) is 4.86. The lowest BCUT2D eigenvalue weighted by Gasteiger charge is -2.31. The zero-order chi connectivity index (χ0) is 18.2. The van der Waals surface area contributed by atoms with Crippen molar-refractivity contribution in [3.63, 3.8) is 0 Å². The number of ether oxygens (including phenoxy) is 1. The highest BCUT2D eigenvalue weighted by Crippen LogP contribution is 2.12. The standard InChI is InChI=1S/C18H35N5O2.HI/c1-5-19-18(20-12-15(4)22-8-10-25-11-9-22)21-16-6-7-23(13-16)17(24)14(2)3;/h14-16H,5-13H2,1-4H3,(H2,19,20,21);1H. The van der Waals surface area contributed by atoms with E-state index in [2.05, 4.69) is 29.4 Å². The fraction of sp³-hybridized carbons (Fsp3) is 0.889. The van der Waals surface area contributed by atoms with E-state index in [9.17, 15) is 4.79 Å². The molecule has 152 valence electrons. The average Bonchev–Trinajstić information content (AvgIpc) is 3.08. The molecule has 2 aliphatic rings. The maximum absolute atomic E-state index is 12.1. The Morgan fingerprint density at radius 2 is 1.92 bits per heavy atom. The summed E-state index contributed by atoms with van der Waals surface area (Å²) < 4.78 is 5.41. The molecule has 2 atom stereocenters. The molecule has 2 heterocycles. The highest BCUT2D eigenvalue weighted by atomic mass is 127. The maximum Gasteiger partial charge on any atom is 0.225 e. The fourth-order valence-corrected chi connectivity index (χ4v) is 3.31. The fourth-order valence-electron chi connectivity index (χ4n) is 3.31. The van der Waals surface area contributed by atoms with E-state index in [-0.39, 0.29) is 41.8 Å². The van der Waals surface area contributed by atoms with E-state index in [4.69, 9.17) is 9.73 Å². The van der Waals surface area contributed by atoms with Gasteiger partial charge in [-0.15, -0.1) is 24.0 Å². The Labute approximate surface area is 175 Å². The number of carbonyl (C=O) groups is 1. The van der Waals surface area contributed by atoms with E-state index in [0.29, 0.717) is 6.04 Å². The Bertz CT molecular complexity index is 455. The van der Waals surface area contributed by atoms with Crippen LogP contribution in [0.4, 0.5) is 0 Å². The first-order valence-electron chi connectivity index (χ1n) is 9.66. The van der Waals surface area contributed by atoms with Crippen LogP contribution in [0, 0.1) is 5.92 Å². The predicted molar refractivity (Wildman–Crippen MR) is 116 cm³/mol. The lowest BCUT2D eigenvalue weighted by atomic mass is 10.2. The van der Waals surface area contributed by atoms with Gasteiger partial charge >= 0.3 is 0 Å². The first-order chi connectivity index (χ1) is 12.0. The summed E-state index contributed by atoms with van der Waals surface area (Å²) in [6, 6.07) is 0.682. The molecule has 0 aromatic carbocycles. The van der Waals surface area contributed by atoms with Gasteiger partial charge < -0.3 is 20.3 Å². The van der Waals surface area contributed by atoms with Crippen LogP contribution in [0.1, 0.15) is 34.1 Å². The Morgan fingerprint density at radius 3 is 2.54 bits per heavy atom. The molecule has 2 N–H and O–H groups in total. The quantitative estimate of drug-likeness (QED) is 0.339. The maximum atomic E-state index is 12.1. The van der Waals surface area contributed by atoms with Crippen LogP contribution in [-0.2, 0) is 9.53 Å². The molecule has 0 spiro atoms. The van der Waals surface area contributed by atoms with Crippen LogP contribution in [0.2, 0.25) is 0 Å². The number of nitrogens with one attached hydrogen (secondary N) is 2. The summed E-state index contributed by atoms with van der Waals surface area (Å²) in [5.41, 5.74) is 0. The molecular weight excluding hydrogens is 445 g/mol. The molecule has 0 saturated carbocycles. The van der Waals surface area contributed by atoms with Gasteiger partial charge in [0, 0.05) is 50.7 Å². The summed E-state index contributed by atoms with van der Waals surface area (Å²) in [6.45, 7) is 15.0. The first-order valence-corrected chi connectivity index (χ1v) is 9.66. The van der Waals surface area contributed by atoms with Crippen molar-refractivity contribution in [2.24, 2.45) is 10.9 Å². The number of likely N-dealkylation sites (tertiary alicyclic amines) is 1. The number of guanidine groups is 1. The Kier molecular flexibility index (Phi) is 10.8. The molecule has 2 aliphatic heterocycles. The topological polar surface area (TPSA) is 69.2 Å². The van der Waals surface area contributed by atoms with Crippen LogP contribution < -0.4 is 10.6 Å². The second kappa shape index (κ2) is 12.0. The lowest BCUT2D eigenvalue weighted by Crippen LogP contribution is -2.47. The lowest BCUT2D eigenvalue weighted by molar-refractivity contribution is -0.133. The molecule has 0 aromatic rings. The molecule has 2 fully saturated rings. The summed E-state index contributed by atoms with van der Waals surface area (Å²) >= 11 is 0. The zero-order valence-electron chi connectivity index (χ0n) is 16.7. The van der Waals surface area contributed by atoms with E-state index in [0.717, 1.165) is 64.9 Å². The summed E-state index contributed by atoms with van der Waals surface area (Å²) in [5, 5.41) is 6.83.